The first kappa shape index (κ1) is 6.86. The summed E-state index contributed by atoms with van der Waals surface area (Å²) >= 11 is 0. The van der Waals surface area contributed by atoms with Gasteiger partial charge in [-0.15, -0.1) is 0 Å². The van der Waals surface area contributed by atoms with E-state index in [0.29, 0.717) is 6.54 Å². The van der Waals surface area contributed by atoms with Crippen molar-refractivity contribution in [3.8, 4) is 0 Å². The van der Waals surface area contributed by atoms with Crippen LogP contribution in [0.5, 0.6) is 0 Å². The molecular weight excluding hydrogens is 126 g/mol. The third kappa shape index (κ3) is 1.93. The number of hydrogen-bond acceptors (Lipinski definition) is 2. The Hall–Kier alpha value is -1.25. The highest BCUT2D eigenvalue weighted by atomic mass is 15.1. The lowest BCUT2D eigenvalue weighted by Gasteiger charge is -2.18. The predicted molar refractivity (Wildman–Crippen MR) is 41.8 cm³/mol. The van der Waals surface area contributed by atoms with Crippen LogP contribution in [-0.4, -0.2) is 23.8 Å². The number of nitrogens with zero attached hydrogens (tertiary/aromatic N) is 1. The van der Waals surface area contributed by atoms with Crippen molar-refractivity contribution in [2.24, 2.45) is 5.73 Å². The molecule has 0 radical (unpaired) electrons. The molecule has 0 aromatic carbocycles. The van der Waals surface area contributed by atoms with Gasteiger partial charge >= 0.3 is 0 Å². The second-order valence-electron chi connectivity index (χ2n) is 2.22. The summed E-state index contributed by atoms with van der Waals surface area (Å²) in [6.45, 7) is 1.39. The van der Waals surface area contributed by atoms with Gasteiger partial charge < -0.3 is 10.6 Å². The Morgan fingerprint density at radius 2 is 2.40 bits per heavy atom. The van der Waals surface area contributed by atoms with Crippen molar-refractivity contribution in [3.05, 3.63) is 24.4 Å². The molecule has 0 atom stereocenters. The number of allylic oxidation sites excluding steroid dienone is 2. The lowest BCUT2D eigenvalue weighted by Crippen LogP contribution is -2.30. The largest absolute Gasteiger partial charge is 0.386 e. The second-order valence-corrected chi connectivity index (χ2v) is 2.22. The maximum Gasteiger partial charge on any atom is 0.110 e. The van der Waals surface area contributed by atoms with E-state index in [4.69, 9.17) is 11.1 Å². The fourth-order valence-electron chi connectivity index (χ4n) is 0.843. The molecule has 0 saturated heterocycles. The molecule has 0 aromatic heterocycles. The summed E-state index contributed by atoms with van der Waals surface area (Å²) in [6, 6.07) is 0. The molecule has 0 aliphatic carbocycles. The van der Waals surface area contributed by atoms with Gasteiger partial charge in [0.1, 0.15) is 5.84 Å². The molecule has 3 nitrogen and oxygen atoms in total. The third-order valence-corrected chi connectivity index (χ3v) is 1.26. The first-order chi connectivity index (χ1) is 4.79. The van der Waals surface area contributed by atoms with Crippen LogP contribution >= 0.6 is 0 Å². The SMILES string of the molecule is N=C(N)CN1C=CC=CC1. The van der Waals surface area contributed by atoms with E-state index in [1.807, 2.05) is 29.3 Å². The fourth-order valence-corrected chi connectivity index (χ4v) is 0.843. The second kappa shape index (κ2) is 3.06. The molecule has 1 aliphatic heterocycles. The maximum absolute atomic E-state index is 7.01. The summed E-state index contributed by atoms with van der Waals surface area (Å²) in [6.07, 6.45) is 7.88. The van der Waals surface area contributed by atoms with E-state index < -0.39 is 0 Å². The van der Waals surface area contributed by atoms with Crippen molar-refractivity contribution in [3.63, 3.8) is 0 Å². The van der Waals surface area contributed by atoms with E-state index in [9.17, 15) is 0 Å². The summed E-state index contributed by atoms with van der Waals surface area (Å²) in [5.74, 6) is 0.208. The van der Waals surface area contributed by atoms with Crippen LogP contribution in [0.1, 0.15) is 0 Å². The summed E-state index contributed by atoms with van der Waals surface area (Å²) < 4.78 is 0. The minimum Gasteiger partial charge on any atom is -0.386 e. The monoisotopic (exact) mass is 137 g/mol. The van der Waals surface area contributed by atoms with Gasteiger partial charge in [-0.25, -0.2) is 0 Å². The summed E-state index contributed by atoms with van der Waals surface area (Å²) in [5.41, 5.74) is 5.21. The van der Waals surface area contributed by atoms with Crippen LogP contribution in [-0.2, 0) is 0 Å². The molecule has 1 heterocycles. The number of nitrogens with two attached hydrogens (primary N) is 1. The summed E-state index contributed by atoms with van der Waals surface area (Å²) in [5, 5.41) is 7.01. The quantitative estimate of drug-likeness (QED) is 0.425. The topological polar surface area (TPSA) is 53.1 Å². The van der Waals surface area contributed by atoms with E-state index in [0.717, 1.165) is 6.54 Å². The van der Waals surface area contributed by atoms with Crippen molar-refractivity contribution in [2.75, 3.05) is 13.1 Å². The molecular formula is C7H11N3. The lowest BCUT2D eigenvalue weighted by molar-refractivity contribution is 0.468. The molecule has 1 rings (SSSR count). The van der Waals surface area contributed by atoms with Crippen molar-refractivity contribution < 1.29 is 0 Å². The van der Waals surface area contributed by atoms with Crippen molar-refractivity contribution in [2.45, 2.75) is 0 Å². The van der Waals surface area contributed by atoms with Crippen LogP contribution in [0.15, 0.2) is 24.4 Å². The van der Waals surface area contributed by atoms with Crippen LogP contribution in [0.2, 0.25) is 0 Å². The van der Waals surface area contributed by atoms with Gasteiger partial charge in [-0.3, -0.25) is 5.41 Å². The van der Waals surface area contributed by atoms with E-state index >= 15 is 0 Å². The minimum absolute atomic E-state index is 0.208. The standard InChI is InChI=1S/C7H11N3/c8-7(9)6-10-4-2-1-3-5-10/h1-4H,5-6H2,(H3,8,9). The van der Waals surface area contributed by atoms with Crippen molar-refractivity contribution in [1.29, 1.82) is 5.41 Å². The van der Waals surface area contributed by atoms with Gasteiger partial charge in [0.25, 0.3) is 0 Å². The number of nitrogens with one attached hydrogen (secondary N) is 1. The van der Waals surface area contributed by atoms with Gasteiger partial charge in [0, 0.05) is 6.54 Å². The maximum atomic E-state index is 7.01. The highest BCUT2D eigenvalue weighted by Gasteiger charge is 1.99. The number of hydrogen-bond donors (Lipinski definition) is 2. The van der Waals surface area contributed by atoms with E-state index in [-0.39, 0.29) is 5.84 Å². The smallest absolute Gasteiger partial charge is 0.110 e. The van der Waals surface area contributed by atoms with Crippen LogP contribution < -0.4 is 5.73 Å². The van der Waals surface area contributed by atoms with Gasteiger partial charge in [-0.1, -0.05) is 12.2 Å². The molecule has 0 spiro atoms. The molecule has 1 aliphatic rings. The highest BCUT2D eigenvalue weighted by Crippen LogP contribution is 1.96. The zero-order valence-corrected chi connectivity index (χ0v) is 5.75. The first-order valence-corrected chi connectivity index (χ1v) is 3.19. The van der Waals surface area contributed by atoms with E-state index in [1.54, 1.807) is 0 Å². The Morgan fingerprint density at radius 1 is 1.60 bits per heavy atom. The van der Waals surface area contributed by atoms with Crippen LogP contribution in [0.4, 0.5) is 0 Å². The molecule has 3 N–H and O–H groups in total. The Labute approximate surface area is 60.3 Å². The Balaban J connectivity index is 2.37. The van der Waals surface area contributed by atoms with Gasteiger partial charge in [0.2, 0.25) is 0 Å². The van der Waals surface area contributed by atoms with Crippen molar-refractivity contribution in [1.82, 2.24) is 4.90 Å². The molecule has 0 unspecified atom stereocenters. The zero-order valence-electron chi connectivity index (χ0n) is 5.75. The molecule has 0 bridgehead atoms. The van der Waals surface area contributed by atoms with Gasteiger partial charge in [0.05, 0.1) is 6.54 Å². The van der Waals surface area contributed by atoms with Crippen molar-refractivity contribution >= 4 is 5.84 Å². The zero-order chi connectivity index (χ0) is 7.40. The normalized spacial score (nSPS) is 15.8. The van der Waals surface area contributed by atoms with E-state index in [1.165, 1.54) is 0 Å². The Morgan fingerprint density at radius 3 is 2.90 bits per heavy atom. The van der Waals surface area contributed by atoms with Crippen LogP contribution in [0.25, 0.3) is 0 Å². The average Bonchev–Trinajstić information content (AvgIpc) is 1.88. The fraction of sp³-hybridized carbons (Fsp3) is 0.286. The summed E-state index contributed by atoms with van der Waals surface area (Å²) in [7, 11) is 0. The first-order valence-electron chi connectivity index (χ1n) is 3.19. The van der Waals surface area contributed by atoms with Gasteiger partial charge in [-0.2, -0.15) is 0 Å². The third-order valence-electron chi connectivity index (χ3n) is 1.26. The predicted octanol–water partition coefficient (Wildman–Crippen LogP) is 0.308. The Bertz CT molecular complexity index is 181. The number of rotatable bonds is 2. The van der Waals surface area contributed by atoms with Gasteiger partial charge in [-0.05, 0) is 12.3 Å². The lowest BCUT2D eigenvalue weighted by atomic mass is 10.3. The minimum atomic E-state index is 0.208. The Kier molecular flexibility index (Phi) is 2.10. The summed E-state index contributed by atoms with van der Waals surface area (Å²) in [4.78, 5) is 1.97. The number of amidine groups is 1. The molecule has 0 aromatic rings. The molecule has 10 heavy (non-hydrogen) atoms. The highest BCUT2D eigenvalue weighted by molar-refractivity contribution is 5.79. The molecule has 0 saturated carbocycles. The van der Waals surface area contributed by atoms with E-state index in [2.05, 4.69) is 0 Å². The average molecular weight is 137 g/mol. The molecule has 0 amide bonds. The van der Waals surface area contributed by atoms with Gasteiger partial charge in [0.15, 0.2) is 0 Å². The van der Waals surface area contributed by atoms with Crippen LogP contribution in [0, 0.1) is 5.41 Å². The molecule has 54 valence electrons. The molecule has 3 heteroatoms. The van der Waals surface area contributed by atoms with Crippen LogP contribution in [0.3, 0.4) is 0 Å². The molecule has 0 fully saturated rings.